The van der Waals surface area contributed by atoms with Gasteiger partial charge in [-0.15, -0.1) is 0 Å². The minimum absolute atomic E-state index is 1.10. The largest absolute Gasteiger partial charge is 0.354 e. The quantitative estimate of drug-likeness (QED) is 0.184. The molecule has 0 fully saturated rings. The van der Waals surface area contributed by atoms with Gasteiger partial charge in [-0.3, -0.25) is 0 Å². The van der Waals surface area contributed by atoms with E-state index in [1.807, 2.05) is 0 Å². The van der Waals surface area contributed by atoms with Crippen LogP contribution in [0.4, 0.5) is 17.1 Å². The van der Waals surface area contributed by atoms with Crippen LogP contribution in [0.25, 0.3) is 77.0 Å². The first-order valence-corrected chi connectivity index (χ1v) is 17.4. The maximum atomic E-state index is 3.68. The van der Waals surface area contributed by atoms with Crippen LogP contribution in [-0.4, -0.2) is 9.97 Å². The summed E-state index contributed by atoms with van der Waals surface area (Å²) >= 11 is 0. The van der Waals surface area contributed by atoms with Crippen molar-refractivity contribution in [1.82, 2.24) is 9.97 Å². The van der Waals surface area contributed by atoms with Gasteiger partial charge in [0.05, 0.1) is 11.0 Å². The SMILES string of the molecule is c1ccc(-c2ccc(N(c3ccc(-c4cccc5c4[nH]c4ccccc45)cc3)c3ccc(-c4cccc5c4[nH]c4ccccc45)cc3)cc2)cc1. The van der Waals surface area contributed by atoms with E-state index in [1.54, 1.807) is 0 Å². The minimum Gasteiger partial charge on any atom is -0.354 e. The number of fused-ring (bicyclic) bond motifs is 6. The third-order valence-electron chi connectivity index (χ3n) is 10.2. The van der Waals surface area contributed by atoms with Crippen molar-refractivity contribution in [2.24, 2.45) is 0 Å². The number of aromatic amines is 2. The molecule has 0 aliphatic heterocycles. The lowest BCUT2D eigenvalue weighted by Gasteiger charge is -2.26. The molecule has 0 aliphatic carbocycles. The topological polar surface area (TPSA) is 34.8 Å². The zero-order valence-electron chi connectivity index (χ0n) is 27.8. The fourth-order valence-corrected chi connectivity index (χ4v) is 7.69. The maximum Gasteiger partial charge on any atom is 0.0544 e. The average Bonchev–Trinajstić information content (AvgIpc) is 3.78. The van der Waals surface area contributed by atoms with Crippen molar-refractivity contribution in [3.05, 3.63) is 188 Å². The second-order valence-corrected chi connectivity index (χ2v) is 13.1. The van der Waals surface area contributed by atoms with Gasteiger partial charge in [0.25, 0.3) is 0 Å². The number of benzene rings is 8. The molecule has 0 saturated heterocycles. The Bertz CT molecular complexity index is 2670. The highest BCUT2D eigenvalue weighted by molar-refractivity contribution is 6.13. The highest BCUT2D eigenvalue weighted by atomic mass is 15.1. The number of rotatable bonds is 6. The van der Waals surface area contributed by atoms with Crippen molar-refractivity contribution in [3.8, 4) is 33.4 Å². The first-order valence-electron chi connectivity index (χ1n) is 17.4. The van der Waals surface area contributed by atoms with Crippen molar-refractivity contribution >= 4 is 60.7 Å². The van der Waals surface area contributed by atoms with E-state index in [0.29, 0.717) is 0 Å². The van der Waals surface area contributed by atoms with Crippen LogP contribution in [0.5, 0.6) is 0 Å². The van der Waals surface area contributed by atoms with Gasteiger partial charge in [-0.25, -0.2) is 0 Å². The third kappa shape index (κ3) is 4.98. The van der Waals surface area contributed by atoms with Gasteiger partial charge >= 0.3 is 0 Å². The molecule has 240 valence electrons. The summed E-state index contributed by atoms with van der Waals surface area (Å²) in [5.74, 6) is 0. The molecule has 51 heavy (non-hydrogen) atoms. The molecular formula is C48H33N3. The molecule has 2 aromatic heterocycles. The minimum atomic E-state index is 1.10. The second-order valence-electron chi connectivity index (χ2n) is 13.1. The highest BCUT2D eigenvalue weighted by Gasteiger charge is 2.16. The van der Waals surface area contributed by atoms with Gasteiger partial charge in [0.2, 0.25) is 0 Å². The van der Waals surface area contributed by atoms with Gasteiger partial charge in [-0.05, 0) is 70.8 Å². The van der Waals surface area contributed by atoms with Gasteiger partial charge in [-0.2, -0.15) is 0 Å². The van der Waals surface area contributed by atoms with Gasteiger partial charge in [-0.1, -0.05) is 140 Å². The van der Waals surface area contributed by atoms with Gasteiger partial charge < -0.3 is 14.9 Å². The molecule has 2 heterocycles. The molecule has 2 N–H and O–H groups in total. The van der Waals surface area contributed by atoms with Gasteiger partial charge in [0.15, 0.2) is 0 Å². The van der Waals surface area contributed by atoms with Crippen LogP contribution in [0.2, 0.25) is 0 Å². The van der Waals surface area contributed by atoms with Crippen LogP contribution >= 0.6 is 0 Å². The summed E-state index contributed by atoms with van der Waals surface area (Å²) in [6.07, 6.45) is 0. The number of nitrogens with one attached hydrogen (secondary N) is 2. The van der Waals surface area contributed by atoms with Crippen LogP contribution in [-0.2, 0) is 0 Å². The van der Waals surface area contributed by atoms with Crippen LogP contribution in [0, 0.1) is 0 Å². The standard InChI is InChI=1S/C48H33N3/c1-2-10-32(11-3-1)33-20-26-36(27-21-33)51(37-28-22-34(23-29-37)39-14-8-16-43-41-12-4-6-18-45(41)49-47(39)43)38-30-24-35(25-31-38)40-15-9-17-44-42-13-5-7-19-46(42)50-48(40)44/h1-31,49-50H. The fraction of sp³-hybridized carbons (Fsp3) is 0. The molecule has 0 unspecified atom stereocenters. The van der Waals surface area contributed by atoms with Crippen LogP contribution in [0.1, 0.15) is 0 Å². The first-order chi connectivity index (χ1) is 25.3. The predicted octanol–water partition coefficient (Wildman–Crippen LogP) is 13.4. The molecule has 10 aromatic rings. The Kier molecular flexibility index (Phi) is 6.81. The molecule has 0 atom stereocenters. The molecule has 0 spiro atoms. The normalized spacial score (nSPS) is 11.5. The molecule has 3 nitrogen and oxygen atoms in total. The zero-order chi connectivity index (χ0) is 33.7. The molecular weight excluding hydrogens is 619 g/mol. The van der Waals surface area contributed by atoms with E-state index >= 15 is 0 Å². The van der Waals surface area contributed by atoms with Crippen molar-refractivity contribution in [2.45, 2.75) is 0 Å². The predicted molar refractivity (Wildman–Crippen MR) is 216 cm³/mol. The van der Waals surface area contributed by atoms with E-state index in [1.165, 1.54) is 66.0 Å². The third-order valence-corrected chi connectivity index (χ3v) is 10.2. The van der Waals surface area contributed by atoms with Gasteiger partial charge in [0.1, 0.15) is 0 Å². The number of aromatic nitrogens is 2. The van der Waals surface area contributed by atoms with E-state index < -0.39 is 0 Å². The Balaban J connectivity index is 1.06. The Hall–Kier alpha value is -6.84. The van der Waals surface area contributed by atoms with Crippen LogP contribution in [0.3, 0.4) is 0 Å². The van der Waals surface area contributed by atoms with Crippen LogP contribution < -0.4 is 4.90 Å². The molecule has 10 rings (SSSR count). The van der Waals surface area contributed by atoms with Crippen molar-refractivity contribution in [3.63, 3.8) is 0 Å². The summed E-state index contributed by atoms with van der Waals surface area (Å²) < 4.78 is 0. The Morgan fingerprint density at radius 2 is 0.647 bits per heavy atom. The number of hydrogen-bond donors (Lipinski definition) is 2. The average molecular weight is 652 g/mol. The summed E-state index contributed by atoms with van der Waals surface area (Å²) in [4.78, 5) is 9.70. The van der Waals surface area contributed by atoms with E-state index in [4.69, 9.17) is 0 Å². The zero-order valence-corrected chi connectivity index (χ0v) is 27.8. The lowest BCUT2D eigenvalue weighted by atomic mass is 10.0. The van der Waals surface area contributed by atoms with Crippen molar-refractivity contribution in [1.29, 1.82) is 0 Å². The van der Waals surface area contributed by atoms with Gasteiger partial charge in [0, 0.05) is 60.8 Å². The van der Waals surface area contributed by atoms with E-state index in [9.17, 15) is 0 Å². The van der Waals surface area contributed by atoms with Crippen LogP contribution in [0.15, 0.2) is 188 Å². The number of H-pyrrole nitrogens is 2. The lowest BCUT2D eigenvalue weighted by molar-refractivity contribution is 1.28. The second kappa shape index (κ2) is 11.9. The van der Waals surface area contributed by atoms with Crippen molar-refractivity contribution in [2.75, 3.05) is 4.90 Å². The Morgan fingerprint density at radius 3 is 1.12 bits per heavy atom. The van der Waals surface area contributed by atoms with E-state index in [0.717, 1.165) is 28.1 Å². The molecule has 0 saturated carbocycles. The molecule has 3 heteroatoms. The summed E-state index contributed by atoms with van der Waals surface area (Å²) in [6, 6.07) is 67.5. The number of nitrogens with zero attached hydrogens (tertiary/aromatic N) is 1. The summed E-state index contributed by atoms with van der Waals surface area (Å²) in [7, 11) is 0. The smallest absolute Gasteiger partial charge is 0.0544 e. The molecule has 0 aliphatic rings. The summed E-state index contributed by atoms with van der Waals surface area (Å²) in [5, 5.41) is 4.99. The van der Waals surface area contributed by atoms with E-state index in [-0.39, 0.29) is 0 Å². The summed E-state index contributed by atoms with van der Waals surface area (Å²) in [6.45, 7) is 0. The number of hydrogen-bond acceptors (Lipinski definition) is 1. The molecule has 0 bridgehead atoms. The monoisotopic (exact) mass is 651 g/mol. The number of anilines is 3. The van der Waals surface area contributed by atoms with E-state index in [2.05, 4.69) is 203 Å². The highest BCUT2D eigenvalue weighted by Crippen LogP contribution is 2.40. The fourth-order valence-electron chi connectivity index (χ4n) is 7.69. The summed E-state index contributed by atoms with van der Waals surface area (Å²) in [5.41, 5.74) is 15.1. The molecule has 0 radical (unpaired) electrons. The Labute approximate surface area is 296 Å². The Morgan fingerprint density at radius 1 is 0.275 bits per heavy atom. The maximum absolute atomic E-state index is 3.68. The number of para-hydroxylation sites is 4. The molecule has 8 aromatic carbocycles. The lowest BCUT2D eigenvalue weighted by Crippen LogP contribution is -2.09. The van der Waals surface area contributed by atoms with Crippen molar-refractivity contribution < 1.29 is 0 Å². The first kappa shape index (κ1) is 29.1. The molecule has 0 amide bonds.